The van der Waals surface area contributed by atoms with Gasteiger partial charge in [0.2, 0.25) is 0 Å². The predicted molar refractivity (Wildman–Crippen MR) is 44.0 cm³/mol. The molecule has 0 aromatic carbocycles. The van der Waals surface area contributed by atoms with Crippen LogP contribution in [0.15, 0.2) is 0 Å². The summed E-state index contributed by atoms with van der Waals surface area (Å²) in [6.45, 7) is 2.57. The molecule has 3 rings (SSSR count). The molecule has 1 spiro atoms. The lowest BCUT2D eigenvalue weighted by Gasteiger charge is -2.26. The van der Waals surface area contributed by atoms with Gasteiger partial charge in [-0.3, -0.25) is 4.90 Å². The van der Waals surface area contributed by atoms with Crippen LogP contribution in [-0.2, 0) is 0 Å². The molecule has 3 aliphatic rings. The molecule has 2 N–H and O–H groups in total. The maximum atomic E-state index is 6.31. The molecule has 2 heteroatoms. The van der Waals surface area contributed by atoms with Crippen LogP contribution < -0.4 is 5.73 Å². The van der Waals surface area contributed by atoms with Gasteiger partial charge in [0.15, 0.2) is 0 Å². The quantitative estimate of drug-likeness (QED) is 0.559. The van der Waals surface area contributed by atoms with Gasteiger partial charge in [-0.05, 0) is 37.5 Å². The number of nitrogens with zero attached hydrogens (tertiary/aromatic N) is 1. The summed E-state index contributed by atoms with van der Waals surface area (Å²) in [6.07, 6.45) is 6.76. The van der Waals surface area contributed by atoms with Gasteiger partial charge < -0.3 is 5.73 Å². The zero-order valence-corrected chi connectivity index (χ0v) is 6.97. The summed E-state index contributed by atoms with van der Waals surface area (Å²) in [5, 5.41) is 0. The molecule has 2 nitrogen and oxygen atoms in total. The molecule has 0 aromatic heterocycles. The van der Waals surface area contributed by atoms with Crippen LogP contribution in [0.1, 0.15) is 32.1 Å². The van der Waals surface area contributed by atoms with E-state index in [9.17, 15) is 0 Å². The molecule has 1 aliphatic carbocycles. The molecule has 2 aliphatic heterocycles. The third kappa shape index (κ3) is 0.744. The summed E-state index contributed by atoms with van der Waals surface area (Å²) < 4.78 is 0. The SMILES string of the molecule is N[C@@]12CCCN1CC1(CC1)C2. The average Bonchev–Trinajstić information content (AvgIpc) is 2.47. The molecule has 0 unspecified atom stereocenters. The lowest BCUT2D eigenvalue weighted by molar-refractivity contribution is 0.203. The Morgan fingerprint density at radius 3 is 2.64 bits per heavy atom. The molecule has 2 saturated heterocycles. The fourth-order valence-corrected chi connectivity index (χ4v) is 3.02. The van der Waals surface area contributed by atoms with Crippen LogP contribution in [0.5, 0.6) is 0 Å². The van der Waals surface area contributed by atoms with Crippen molar-refractivity contribution >= 4 is 0 Å². The van der Waals surface area contributed by atoms with Crippen LogP contribution in [-0.4, -0.2) is 23.7 Å². The van der Waals surface area contributed by atoms with E-state index in [1.54, 1.807) is 0 Å². The van der Waals surface area contributed by atoms with Gasteiger partial charge in [-0.2, -0.15) is 0 Å². The molecule has 11 heavy (non-hydrogen) atoms. The summed E-state index contributed by atoms with van der Waals surface area (Å²) in [5.74, 6) is 0. The largest absolute Gasteiger partial charge is 0.313 e. The second kappa shape index (κ2) is 1.64. The topological polar surface area (TPSA) is 29.3 Å². The van der Waals surface area contributed by atoms with Crippen molar-refractivity contribution in [2.24, 2.45) is 11.1 Å². The minimum Gasteiger partial charge on any atom is -0.313 e. The highest BCUT2D eigenvalue weighted by Gasteiger charge is 2.58. The van der Waals surface area contributed by atoms with Crippen LogP contribution >= 0.6 is 0 Å². The van der Waals surface area contributed by atoms with Gasteiger partial charge >= 0.3 is 0 Å². The zero-order valence-electron chi connectivity index (χ0n) is 6.97. The minimum absolute atomic E-state index is 0.135. The molecule has 3 fully saturated rings. The summed E-state index contributed by atoms with van der Waals surface area (Å²) in [4.78, 5) is 2.53. The van der Waals surface area contributed by atoms with E-state index in [0.717, 1.165) is 0 Å². The maximum Gasteiger partial charge on any atom is 0.0693 e. The van der Waals surface area contributed by atoms with Gasteiger partial charge in [0.25, 0.3) is 0 Å². The van der Waals surface area contributed by atoms with Gasteiger partial charge in [-0.25, -0.2) is 0 Å². The molecular weight excluding hydrogens is 136 g/mol. The Morgan fingerprint density at radius 2 is 2.00 bits per heavy atom. The molecule has 62 valence electrons. The van der Waals surface area contributed by atoms with E-state index in [1.165, 1.54) is 45.2 Å². The lowest BCUT2D eigenvalue weighted by atomic mass is 9.97. The van der Waals surface area contributed by atoms with Crippen molar-refractivity contribution < 1.29 is 0 Å². The Labute approximate surface area is 67.7 Å². The first-order valence-electron chi connectivity index (χ1n) is 4.77. The molecule has 2 heterocycles. The number of rotatable bonds is 0. The van der Waals surface area contributed by atoms with Gasteiger partial charge in [0, 0.05) is 13.1 Å². The summed E-state index contributed by atoms with van der Waals surface area (Å²) >= 11 is 0. The first kappa shape index (κ1) is 6.44. The first-order valence-corrected chi connectivity index (χ1v) is 4.77. The van der Waals surface area contributed by atoms with E-state index in [2.05, 4.69) is 4.90 Å². The normalized spacial score (nSPS) is 46.6. The van der Waals surface area contributed by atoms with E-state index in [-0.39, 0.29) is 5.66 Å². The van der Waals surface area contributed by atoms with Crippen molar-refractivity contribution in [1.82, 2.24) is 4.90 Å². The average molecular weight is 152 g/mol. The number of nitrogens with two attached hydrogens (primary N) is 1. The maximum absolute atomic E-state index is 6.31. The second-order valence-corrected chi connectivity index (χ2v) is 4.81. The fourth-order valence-electron chi connectivity index (χ4n) is 3.02. The van der Waals surface area contributed by atoms with E-state index in [0.29, 0.717) is 5.41 Å². The standard InChI is InChI=1S/C9H16N2/c10-9-2-1-5-11(9)7-8(6-9)3-4-8/h1-7,10H2/t9-/m0/s1. The predicted octanol–water partition coefficient (Wildman–Crippen LogP) is 0.921. The van der Waals surface area contributed by atoms with Crippen LogP contribution in [0.3, 0.4) is 0 Å². The summed E-state index contributed by atoms with van der Waals surface area (Å²) in [6, 6.07) is 0. The van der Waals surface area contributed by atoms with Crippen LogP contribution in [0.4, 0.5) is 0 Å². The molecule has 1 atom stereocenters. The highest BCUT2D eigenvalue weighted by molar-refractivity contribution is 5.11. The third-order valence-corrected chi connectivity index (χ3v) is 3.83. The van der Waals surface area contributed by atoms with Crippen molar-refractivity contribution in [3.05, 3.63) is 0 Å². The highest BCUT2D eigenvalue weighted by Crippen LogP contribution is 2.58. The van der Waals surface area contributed by atoms with Crippen molar-refractivity contribution in [3.8, 4) is 0 Å². The Balaban J connectivity index is 1.90. The van der Waals surface area contributed by atoms with E-state index < -0.39 is 0 Å². The lowest BCUT2D eigenvalue weighted by Crippen LogP contribution is -2.46. The number of hydrogen-bond donors (Lipinski definition) is 1. The molecule has 1 saturated carbocycles. The Kier molecular flexibility index (Phi) is 0.961. The van der Waals surface area contributed by atoms with Crippen molar-refractivity contribution in [2.45, 2.75) is 37.8 Å². The Morgan fingerprint density at radius 1 is 1.18 bits per heavy atom. The van der Waals surface area contributed by atoms with Gasteiger partial charge in [0.05, 0.1) is 5.66 Å². The van der Waals surface area contributed by atoms with Crippen LogP contribution in [0.2, 0.25) is 0 Å². The molecule has 0 amide bonds. The van der Waals surface area contributed by atoms with E-state index >= 15 is 0 Å². The fraction of sp³-hybridized carbons (Fsp3) is 1.00. The Bertz CT molecular complexity index is 198. The number of fused-ring (bicyclic) bond motifs is 1. The molecule has 0 radical (unpaired) electrons. The smallest absolute Gasteiger partial charge is 0.0693 e. The number of hydrogen-bond acceptors (Lipinski definition) is 2. The molecular formula is C9H16N2. The van der Waals surface area contributed by atoms with E-state index in [1.807, 2.05) is 0 Å². The van der Waals surface area contributed by atoms with E-state index in [4.69, 9.17) is 5.73 Å². The third-order valence-electron chi connectivity index (χ3n) is 3.83. The summed E-state index contributed by atoms with van der Waals surface area (Å²) in [5.41, 5.74) is 7.14. The van der Waals surface area contributed by atoms with Crippen molar-refractivity contribution in [3.63, 3.8) is 0 Å². The molecule has 0 aromatic rings. The van der Waals surface area contributed by atoms with Gasteiger partial charge in [-0.15, -0.1) is 0 Å². The zero-order chi connectivity index (χ0) is 7.53. The van der Waals surface area contributed by atoms with Crippen LogP contribution in [0, 0.1) is 5.41 Å². The minimum atomic E-state index is 0.135. The monoisotopic (exact) mass is 152 g/mol. The highest BCUT2D eigenvalue weighted by atomic mass is 15.3. The van der Waals surface area contributed by atoms with Crippen molar-refractivity contribution in [2.75, 3.05) is 13.1 Å². The van der Waals surface area contributed by atoms with Gasteiger partial charge in [0.1, 0.15) is 0 Å². The molecule has 0 bridgehead atoms. The Hall–Kier alpha value is -0.0800. The second-order valence-electron chi connectivity index (χ2n) is 4.81. The summed E-state index contributed by atoms with van der Waals surface area (Å²) in [7, 11) is 0. The van der Waals surface area contributed by atoms with Crippen molar-refractivity contribution in [1.29, 1.82) is 0 Å². The van der Waals surface area contributed by atoms with Gasteiger partial charge in [-0.1, -0.05) is 0 Å². The first-order chi connectivity index (χ1) is 5.23. The van der Waals surface area contributed by atoms with Crippen LogP contribution in [0.25, 0.3) is 0 Å².